The minimum atomic E-state index is 1.15. The second kappa shape index (κ2) is 5.87. The summed E-state index contributed by atoms with van der Waals surface area (Å²) in [6, 6.07) is 2.17. The van der Waals surface area contributed by atoms with E-state index in [1.807, 2.05) is 13.8 Å². The van der Waals surface area contributed by atoms with Crippen LogP contribution in [-0.2, 0) is 6.54 Å². The zero-order valence-corrected chi connectivity index (χ0v) is 9.02. The third kappa shape index (κ3) is 2.72. The summed E-state index contributed by atoms with van der Waals surface area (Å²) < 4.78 is 2.30. The van der Waals surface area contributed by atoms with E-state index in [-0.39, 0.29) is 0 Å². The minimum absolute atomic E-state index is 1.15. The first kappa shape index (κ1) is 11.3. The van der Waals surface area contributed by atoms with Gasteiger partial charge in [-0.1, -0.05) is 20.8 Å². The van der Waals surface area contributed by atoms with E-state index in [4.69, 9.17) is 0 Å². The fourth-order valence-electron chi connectivity index (χ4n) is 1.14. The number of aryl methyl sites for hydroxylation is 2. The second-order valence-electron chi connectivity index (χ2n) is 2.78. The van der Waals surface area contributed by atoms with Gasteiger partial charge in [-0.3, -0.25) is 0 Å². The molecule has 1 aromatic heterocycles. The van der Waals surface area contributed by atoms with Crippen LogP contribution < -0.4 is 0 Å². The number of rotatable bonds is 2. The lowest BCUT2D eigenvalue weighted by Crippen LogP contribution is -1.96. The van der Waals surface area contributed by atoms with E-state index in [0.717, 1.165) is 6.54 Å². The maximum atomic E-state index is 2.30. The Kier molecular flexibility index (Phi) is 5.52. The third-order valence-electron chi connectivity index (χ3n) is 1.97. The quantitative estimate of drug-likeness (QED) is 0.635. The van der Waals surface area contributed by atoms with Crippen LogP contribution in [0.25, 0.3) is 0 Å². The van der Waals surface area contributed by atoms with Gasteiger partial charge in [-0.15, -0.1) is 0 Å². The molecule has 0 aliphatic heterocycles. The minimum Gasteiger partial charge on any atom is -0.351 e. The van der Waals surface area contributed by atoms with E-state index in [9.17, 15) is 0 Å². The Bertz CT molecular complexity index is 211. The molecule has 1 heterocycles. The van der Waals surface area contributed by atoms with E-state index in [2.05, 4.69) is 37.6 Å². The summed E-state index contributed by atoms with van der Waals surface area (Å²) in [5.74, 6) is 0. The van der Waals surface area contributed by atoms with Crippen molar-refractivity contribution in [2.45, 2.75) is 47.6 Å². The maximum absolute atomic E-state index is 2.30. The zero-order chi connectivity index (χ0) is 9.56. The smallest absolute Gasteiger partial charge is 0.0219 e. The van der Waals surface area contributed by atoms with Gasteiger partial charge in [0.15, 0.2) is 0 Å². The van der Waals surface area contributed by atoms with Gasteiger partial charge in [0, 0.05) is 18.4 Å². The van der Waals surface area contributed by atoms with Crippen molar-refractivity contribution in [3.8, 4) is 0 Å². The number of nitrogens with zero attached hydrogens (tertiary/aromatic N) is 1. The molecule has 1 aromatic rings. The summed E-state index contributed by atoms with van der Waals surface area (Å²) in [6.07, 6.45) is 3.38. The van der Waals surface area contributed by atoms with Gasteiger partial charge in [-0.05, 0) is 31.9 Å². The Labute approximate surface area is 76.4 Å². The molecule has 0 fully saturated rings. The molecule has 0 N–H and O–H groups in total. The lowest BCUT2D eigenvalue weighted by atomic mass is 10.3. The van der Waals surface area contributed by atoms with Crippen molar-refractivity contribution in [2.75, 3.05) is 0 Å². The SMILES string of the molecule is CC.CCCn1ccc(C)c1C. The van der Waals surface area contributed by atoms with Gasteiger partial charge in [0.2, 0.25) is 0 Å². The van der Waals surface area contributed by atoms with Crippen molar-refractivity contribution < 1.29 is 0 Å². The molecule has 1 heteroatoms. The Morgan fingerprint density at radius 1 is 1.25 bits per heavy atom. The summed E-state index contributed by atoms with van der Waals surface area (Å²) in [7, 11) is 0. The molecule has 0 aliphatic rings. The molecule has 70 valence electrons. The van der Waals surface area contributed by atoms with Crippen LogP contribution >= 0.6 is 0 Å². The van der Waals surface area contributed by atoms with Crippen molar-refractivity contribution in [2.24, 2.45) is 0 Å². The Balaban J connectivity index is 0.000000561. The molecule has 0 atom stereocenters. The molecule has 0 bridgehead atoms. The van der Waals surface area contributed by atoms with E-state index in [0.29, 0.717) is 0 Å². The molecule has 0 amide bonds. The van der Waals surface area contributed by atoms with Crippen LogP contribution in [0, 0.1) is 13.8 Å². The van der Waals surface area contributed by atoms with Gasteiger partial charge in [0.05, 0.1) is 0 Å². The van der Waals surface area contributed by atoms with Gasteiger partial charge in [0.25, 0.3) is 0 Å². The number of hydrogen-bond donors (Lipinski definition) is 0. The van der Waals surface area contributed by atoms with Crippen molar-refractivity contribution in [1.82, 2.24) is 4.57 Å². The summed E-state index contributed by atoms with van der Waals surface area (Å²) in [5, 5.41) is 0. The van der Waals surface area contributed by atoms with Gasteiger partial charge in [-0.25, -0.2) is 0 Å². The van der Waals surface area contributed by atoms with Crippen molar-refractivity contribution in [3.63, 3.8) is 0 Å². The first-order chi connectivity index (χ1) is 5.75. The van der Waals surface area contributed by atoms with Gasteiger partial charge in [-0.2, -0.15) is 0 Å². The fraction of sp³-hybridized carbons (Fsp3) is 0.636. The van der Waals surface area contributed by atoms with Crippen LogP contribution in [0.2, 0.25) is 0 Å². The molecule has 0 saturated carbocycles. The van der Waals surface area contributed by atoms with Gasteiger partial charge < -0.3 is 4.57 Å². The largest absolute Gasteiger partial charge is 0.351 e. The molecule has 0 aromatic carbocycles. The molecular formula is C11H21N. The summed E-state index contributed by atoms with van der Waals surface area (Å²) >= 11 is 0. The topological polar surface area (TPSA) is 4.93 Å². The second-order valence-corrected chi connectivity index (χ2v) is 2.78. The molecule has 12 heavy (non-hydrogen) atoms. The molecule has 0 unspecified atom stereocenters. The normalized spacial score (nSPS) is 9.08. The Hall–Kier alpha value is -0.720. The highest BCUT2D eigenvalue weighted by atomic mass is 15.0. The Morgan fingerprint density at radius 2 is 1.83 bits per heavy atom. The fourth-order valence-corrected chi connectivity index (χ4v) is 1.14. The number of aromatic nitrogens is 1. The molecule has 0 spiro atoms. The highest BCUT2D eigenvalue weighted by Crippen LogP contribution is 2.07. The molecule has 1 rings (SSSR count). The molecule has 1 nitrogen and oxygen atoms in total. The van der Waals surface area contributed by atoms with Crippen LogP contribution in [0.1, 0.15) is 38.4 Å². The number of hydrogen-bond acceptors (Lipinski definition) is 0. The highest BCUT2D eigenvalue weighted by Gasteiger charge is 1.96. The maximum Gasteiger partial charge on any atom is 0.0219 e. The summed E-state index contributed by atoms with van der Waals surface area (Å²) in [4.78, 5) is 0. The third-order valence-corrected chi connectivity index (χ3v) is 1.97. The average molecular weight is 167 g/mol. The van der Waals surface area contributed by atoms with Crippen molar-refractivity contribution in [3.05, 3.63) is 23.5 Å². The lowest BCUT2D eigenvalue weighted by Gasteiger charge is -2.02. The average Bonchev–Trinajstić information content (AvgIpc) is 2.41. The highest BCUT2D eigenvalue weighted by molar-refractivity contribution is 5.18. The standard InChI is InChI=1S/C9H15N.C2H6/c1-4-6-10-7-5-8(2)9(10)3;1-2/h5,7H,4,6H2,1-3H3;1-2H3. The van der Waals surface area contributed by atoms with Crippen LogP contribution in [0.4, 0.5) is 0 Å². The lowest BCUT2D eigenvalue weighted by molar-refractivity contribution is 0.664. The first-order valence-electron chi connectivity index (χ1n) is 4.88. The van der Waals surface area contributed by atoms with Gasteiger partial charge in [0.1, 0.15) is 0 Å². The van der Waals surface area contributed by atoms with Crippen molar-refractivity contribution >= 4 is 0 Å². The predicted octanol–water partition coefficient (Wildman–Crippen LogP) is 3.54. The Morgan fingerprint density at radius 3 is 2.17 bits per heavy atom. The molecule has 0 saturated heterocycles. The van der Waals surface area contributed by atoms with Gasteiger partial charge >= 0.3 is 0 Å². The van der Waals surface area contributed by atoms with E-state index in [1.165, 1.54) is 17.7 Å². The zero-order valence-electron chi connectivity index (χ0n) is 9.02. The van der Waals surface area contributed by atoms with Crippen LogP contribution in [0.5, 0.6) is 0 Å². The first-order valence-corrected chi connectivity index (χ1v) is 4.88. The monoisotopic (exact) mass is 167 g/mol. The molecule has 0 aliphatic carbocycles. The molecule has 0 radical (unpaired) electrons. The van der Waals surface area contributed by atoms with E-state index in [1.54, 1.807) is 0 Å². The van der Waals surface area contributed by atoms with E-state index < -0.39 is 0 Å². The molecular weight excluding hydrogens is 146 g/mol. The predicted molar refractivity (Wildman–Crippen MR) is 55.5 cm³/mol. The van der Waals surface area contributed by atoms with E-state index >= 15 is 0 Å². The van der Waals surface area contributed by atoms with Crippen LogP contribution in [0.15, 0.2) is 12.3 Å². The summed E-state index contributed by atoms with van der Waals surface area (Å²) in [5.41, 5.74) is 2.80. The summed E-state index contributed by atoms with van der Waals surface area (Å²) in [6.45, 7) is 11.7. The van der Waals surface area contributed by atoms with Crippen molar-refractivity contribution in [1.29, 1.82) is 0 Å². The van der Waals surface area contributed by atoms with Crippen LogP contribution in [0.3, 0.4) is 0 Å². The van der Waals surface area contributed by atoms with Crippen LogP contribution in [-0.4, -0.2) is 4.57 Å².